The summed E-state index contributed by atoms with van der Waals surface area (Å²) in [6, 6.07) is 9.08. The van der Waals surface area contributed by atoms with E-state index >= 15 is 0 Å². The van der Waals surface area contributed by atoms with E-state index in [1.807, 2.05) is 24.3 Å². The maximum Gasteiger partial charge on any atom is 0.175 e. The van der Waals surface area contributed by atoms with Gasteiger partial charge in [-0.3, -0.25) is 9.00 Å². The second kappa shape index (κ2) is 5.92. The molecule has 1 atom stereocenters. The van der Waals surface area contributed by atoms with Crippen molar-refractivity contribution in [2.24, 2.45) is 0 Å². The van der Waals surface area contributed by atoms with Crippen LogP contribution in [0.1, 0.15) is 36.0 Å². The van der Waals surface area contributed by atoms with Crippen LogP contribution in [0.4, 0.5) is 0 Å². The number of benzene rings is 1. The van der Waals surface area contributed by atoms with E-state index in [2.05, 4.69) is 0 Å². The quantitative estimate of drug-likeness (QED) is 0.767. The van der Waals surface area contributed by atoms with Gasteiger partial charge in [0.1, 0.15) is 0 Å². The van der Waals surface area contributed by atoms with Crippen LogP contribution < -0.4 is 0 Å². The number of hydrogen-bond acceptors (Lipinski definition) is 2. The molecule has 90 valence electrons. The normalized spacial score (nSPS) is 17.3. The molecule has 1 aromatic carbocycles. The zero-order valence-electron chi connectivity index (χ0n) is 9.72. The Morgan fingerprint density at radius 1 is 1.18 bits per heavy atom. The Kier molecular flexibility index (Phi) is 4.26. The topological polar surface area (TPSA) is 34.1 Å². The maximum absolute atomic E-state index is 12.0. The van der Waals surface area contributed by atoms with E-state index in [4.69, 9.17) is 0 Å². The number of rotatable bonds is 4. The van der Waals surface area contributed by atoms with Gasteiger partial charge in [-0.1, -0.05) is 36.4 Å². The average molecular weight is 248 g/mol. The van der Waals surface area contributed by atoms with Crippen molar-refractivity contribution in [1.82, 2.24) is 0 Å². The standard InChI is InChI=1S/C14H16O2S/c15-14(12-7-3-1-4-8-12)11-17(16)13-9-5-2-6-10-13/h1,3-4,7-9H,2,5-6,10-11H2. The minimum Gasteiger partial charge on any atom is -0.293 e. The molecular formula is C14H16O2S. The van der Waals surface area contributed by atoms with E-state index in [0.717, 1.165) is 24.2 Å². The number of carbonyl (C=O) groups excluding carboxylic acids is 1. The van der Waals surface area contributed by atoms with Crippen LogP contribution in [0.2, 0.25) is 0 Å². The summed E-state index contributed by atoms with van der Waals surface area (Å²) in [6.07, 6.45) is 6.19. The Morgan fingerprint density at radius 2 is 1.94 bits per heavy atom. The van der Waals surface area contributed by atoms with E-state index in [-0.39, 0.29) is 11.5 Å². The van der Waals surface area contributed by atoms with Crippen LogP contribution >= 0.6 is 0 Å². The van der Waals surface area contributed by atoms with Gasteiger partial charge < -0.3 is 0 Å². The van der Waals surface area contributed by atoms with Crippen molar-refractivity contribution in [2.45, 2.75) is 25.7 Å². The summed E-state index contributed by atoms with van der Waals surface area (Å²) in [5, 5.41) is 0. The third-order valence-electron chi connectivity index (χ3n) is 2.90. The molecule has 0 bridgehead atoms. The van der Waals surface area contributed by atoms with Gasteiger partial charge in [-0.25, -0.2) is 0 Å². The predicted molar refractivity (Wildman–Crippen MR) is 70.3 cm³/mol. The summed E-state index contributed by atoms with van der Waals surface area (Å²) in [6.45, 7) is 0. The van der Waals surface area contributed by atoms with Crippen molar-refractivity contribution in [3.8, 4) is 0 Å². The van der Waals surface area contributed by atoms with Crippen LogP contribution in [0.5, 0.6) is 0 Å². The van der Waals surface area contributed by atoms with Gasteiger partial charge in [0, 0.05) is 10.5 Å². The molecule has 1 unspecified atom stereocenters. The van der Waals surface area contributed by atoms with Crippen molar-refractivity contribution >= 4 is 16.6 Å². The molecule has 0 amide bonds. The molecule has 1 aliphatic rings. The zero-order chi connectivity index (χ0) is 12.1. The lowest BCUT2D eigenvalue weighted by atomic mass is 10.1. The van der Waals surface area contributed by atoms with Gasteiger partial charge in [-0.15, -0.1) is 0 Å². The smallest absolute Gasteiger partial charge is 0.175 e. The molecule has 0 aromatic heterocycles. The molecule has 1 aromatic rings. The van der Waals surface area contributed by atoms with Crippen molar-refractivity contribution in [3.05, 3.63) is 46.9 Å². The van der Waals surface area contributed by atoms with Gasteiger partial charge in [-0.2, -0.15) is 0 Å². The highest BCUT2D eigenvalue weighted by Gasteiger charge is 2.15. The van der Waals surface area contributed by atoms with E-state index in [9.17, 15) is 9.00 Å². The first kappa shape index (κ1) is 12.2. The Morgan fingerprint density at radius 3 is 2.59 bits per heavy atom. The molecule has 0 fully saturated rings. The number of Topliss-reactive ketones (excluding diaryl/α,β-unsaturated/α-hetero) is 1. The number of carbonyl (C=O) groups is 1. The molecule has 2 nitrogen and oxygen atoms in total. The molecule has 0 N–H and O–H groups in total. The fourth-order valence-electron chi connectivity index (χ4n) is 1.93. The minimum atomic E-state index is -1.13. The summed E-state index contributed by atoms with van der Waals surface area (Å²) in [5.74, 6) is 0.0888. The SMILES string of the molecule is O=C(CS(=O)C1=CCCCC1)c1ccccc1. The van der Waals surface area contributed by atoms with Crippen molar-refractivity contribution in [3.63, 3.8) is 0 Å². The van der Waals surface area contributed by atoms with Crippen molar-refractivity contribution in [2.75, 3.05) is 5.75 Å². The van der Waals surface area contributed by atoms with Crippen LogP contribution in [0.3, 0.4) is 0 Å². The average Bonchev–Trinajstić information content (AvgIpc) is 2.40. The van der Waals surface area contributed by atoms with E-state index in [1.54, 1.807) is 12.1 Å². The summed E-state index contributed by atoms with van der Waals surface area (Å²) < 4.78 is 12.0. The first-order valence-corrected chi connectivity index (χ1v) is 7.25. The highest BCUT2D eigenvalue weighted by atomic mass is 32.2. The Hall–Kier alpha value is -1.22. The predicted octanol–water partition coefficient (Wildman–Crippen LogP) is 3.08. The highest BCUT2D eigenvalue weighted by molar-refractivity contribution is 7.89. The van der Waals surface area contributed by atoms with Gasteiger partial charge in [0.05, 0.1) is 16.6 Å². The van der Waals surface area contributed by atoms with Gasteiger partial charge in [-0.05, 0) is 25.7 Å². The number of hydrogen-bond donors (Lipinski definition) is 0. The van der Waals surface area contributed by atoms with Gasteiger partial charge in [0.15, 0.2) is 5.78 Å². The Balaban J connectivity index is 1.99. The second-order valence-electron chi connectivity index (χ2n) is 4.20. The molecule has 0 saturated carbocycles. The molecule has 0 radical (unpaired) electrons. The molecule has 0 saturated heterocycles. The van der Waals surface area contributed by atoms with Crippen molar-refractivity contribution in [1.29, 1.82) is 0 Å². The lowest BCUT2D eigenvalue weighted by molar-refractivity contribution is 0.102. The third-order valence-corrected chi connectivity index (χ3v) is 4.38. The second-order valence-corrected chi connectivity index (χ2v) is 5.70. The molecule has 2 rings (SSSR count). The first-order valence-electron chi connectivity index (χ1n) is 5.93. The number of ketones is 1. The monoisotopic (exact) mass is 248 g/mol. The van der Waals surface area contributed by atoms with Crippen molar-refractivity contribution < 1.29 is 9.00 Å². The van der Waals surface area contributed by atoms with E-state index < -0.39 is 10.8 Å². The molecule has 0 heterocycles. The third kappa shape index (κ3) is 3.37. The summed E-state index contributed by atoms with van der Waals surface area (Å²) in [5.41, 5.74) is 0.650. The molecular weight excluding hydrogens is 232 g/mol. The van der Waals surface area contributed by atoms with Crippen LogP contribution in [-0.4, -0.2) is 15.7 Å². The highest BCUT2D eigenvalue weighted by Crippen LogP contribution is 2.20. The molecule has 1 aliphatic carbocycles. The molecule has 3 heteroatoms. The fourth-order valence-corrected chi connectivity index (χ4v) is 3.20. The molecule has 0 aliphatic heterocycles. The lowest BCUT2D eigenvalue weighted by Gasteiger charge is -2.11. The summed E-state index contributed by atoms with van der Waals surface area (Å²) in [4.78, 5) is 12.8. The number of allylic oxidation sites excluding steroid dienone is 2. The van der Waals surface area contributed by atoms with Crippen LogP contribution in [-0.2, 0) is 10.8 Å². The Bertz CT molecular complexity index is 449. The lowest BCUT2D eigenvalue weighted by Crippen LogP contribution is -2.13. The van der Waals surface area contributed by atoms with Gasteiger partial charge in [0.25, 0.3) is 0 Å². The fraction of sp³-hybridized carbons (Fsp3) is 0.357. The zero-order valence-corrected chi connectivity index (χ0v) is 10.5. The van der Waals surface area contributed by atoms with Crippen LogP contribution in [0.25, 0.3) is 0 Å². The summed E-state index contributed by atoms with van der Waals surface area (Å²) in [7, 11) is -1.13. The summed E-state index contributed by atoms with van der Waals surface area (Å²) >= 11 is 0. The Labute approximate surface area is 104 Å². The van der Waals surface area contributed by atoms with E-state index in [1.165, 1.54) is 6.42 Å². The minimum absolute atomic E-state index is 0.0320. The van der Waals surface area contributed by atoms with Crippen LogP contribution in [0.15, 0.2) is 41.3 Å². The van der Waals surface area contributed by atoms with Gasteiger partial charge >= 0.3 is 0 Å². The largest absolute Gasteiger partial charge is 0.293 e. The van der Waals surface area contributed by atoms with E-state index in [0.29, 0.717) is 5.56 Å². The van der Waals surface area contributed by atoms with Gasteiger partial charge in [0.2, 0.25) is 0 Å². The van der Waals surface area contributed by atoms with Crippen LogP contribution in [0, 0.1) is 0 Å². The molecule has 0 spiro atoms. The first-order chi connectivity index (χ1) is 8.27. The maximum atomic E-state index is 12.0. The molecule has 17 heavy (non-hydrogen) atoms.